The highest BCUT2D eigenvalue weighted by Crippen LogP contribution is 2.43. The van der Waals surface area contributed by atoms with E-state index in [1.165, 1.54) is 16.7 Å². The third-order valence-corrected chi connectivity index (χ3v) is 4.33. The smallest absolute Gasteiger partial charge is 0.221 e. The molecule has 1 aromatic carbocycles. The van der Waals surface area contributed by atoms with E-state index < -0.39 is 0 Å². The Morgan fingerprint density at radius 3 is 2.35 bits per heavy atom. The first-order valence-electron chi connectivity index (χ1n) is 6.15. The average molecular weight is 231 g/mol. The minimum atomic E-state index is -0.192. The fourth-order valence-corrected chi connectivity index (χ4v) is 2.83. The van der Waals surface area contributed by atoms with Crippen molar-refractivity contribution >= 4 is 5.91 Å². The minimum absolute atomic E-state index is 0.125. The molecule has 1 aliphatic rings. The van der Waals surface area contributed by atoms with Crippen LogP contribution in [0.2, 0.25) is 0 Å². The van der Waals surface area contributed by atoms with Gasteiger partial charge in [0.25, 0.3) is 0 Å². The number of benzene rings is 1. The van der Waals surface area contributed by atoms with E-state index in [0.717, 1.165) is 0 Å². The lowest BCUT2D eigenvalue weighted by Crippen LogP contribution is -2.48. The van der Waals surface area contributed by atoms with Crippen LogP contribution in [0.3, 0.4) is 0 Å². The van der Waals surface area contributed by atoms with Crippen molar-refractivity contribution in [2.24, 2.45) is 0 Å². The molecule has 1 amide bonds. The molecule has 1 atom stereocenters. The summed E-state index contributed by atoms with van der Waals surface area (Å²) in [6.45, 7) is 10.6. The number of hydrogen-bond donors (Lipinski definition) is 1. The lowest BCUT2D eigenvalue weighted by molar-refractivity contribution is -0.119. The van der Waals surface area contributed by atoms with E-state index >= 15 is 0 Å². The molecule has 92 valence electrons. The molecular formula is C15H21NO. The third kappa shape index (κ3) is 1.76. The molecule has 0 radical (unpaired) electrons. The van der Waals surface area contributed by atoms with Crippen LogP contribution in [-0.4, -0.2) is 11.4 Å². The van der Waals surface area contributed by atoms with Crippen LogP contribution in [0.25, 0.3) is 0 Å². The van der Waals surface area contributed by atoms with E-state index in [0.29, 0.717) is 6.42 Å². The molecule has 0 aliphatic carbocycles. The Bertz CT molecular complexity index is 476. The molecule has 1 heterocycles. The molecule has 1 N–H and O–H groups in total. The summed E-state index contributed by atoms with van der Waals surface area (Å²) in [7, 11) is 0. The Hall–Kier alpha value is -1.31. The Labute approximate surface area is 103 Å². The van der Waals surface area contributed by atoms with Crippen molar-refractivity contribution in [3.63, 3.8) is 0 Å². The third-order valence-electron chi connectivity index (χ3n) is 4.33. The highest BCUT2D eigenvalue weighted by molar-refractivity contribution is 5.82. The predicted octanol–water partition coefficient (Wildman–Crippen LogP) is 2.86. The summed E-state index contributed by atoms with van der Waals surface area (Å²) in [5, 5.41) is 3.09. The van der Waals surface area contributed by atoms with Crippen LogP contribution < -0.4 is 5.32 Å². The Morgan fingerprint density at radius 2 is 1.82 bits per heavy atom. The van der Waals surface area contributed by atoms with Gasteiger partial charge >= 0.3 is 0 Å². The standard InChI is InChI=1S/C15H21NO/c1-10-6-7-11(2)12(8-10)15(5)9-13(17)16-14(15,3)4/h6-8H,9H2,1-5H3,(H,16,17). The summed E-state index contributed by atoms with van der Waals surface area (Å²) in [4.78, 5) is 11.7. The first-order valence-corrected chi connectivity index (χ1v) is 6.15. The van der Waals surface area contributed by atoms with Gasteiger partial charge in [-0.25, -0.2) is 0 Å². The maximum Gasteiger partial charge on any atom is 0.221 e. The fourth-order valence-electron chi connectivity index (χ4n) is 2.83. The van der Waals surface area contributed by atoms with Gasteiger partial charge in [-0.15, -0.1) is 0 Å². The van der Waals surface area contributed by atoms with Gasteiger partial charge < -0.3 is 5.32 Å². The van der Waals surface area contributed by atoms with Crippen molar-refractivity contribution in [1.29, 1.82) is 0 Å². The molecular weight excluding hydrogens is 210 g/mol. The Balaban J connectivity index is 2.58. The van der Waals surface area contributed by atoms with Crippen molar-refractivity contribution in [3.05, 3.63) is 34.9 Å². The minimum Gasteiger partial charge on any atom is -0.350 e. The van der Waals surface area contributed by atoms with Gasteiger partial charge in [-0.3, -0.25) is 4.79 Å². The predicted molar refractivity (Wildman–Crippen MR) is 70.1 cm³/mol. The molecule has 17 heavy (non-hydrogen) atoms. The van der Waals surface area contributed by atoms with Crippen LogP contribution in [0.4, 0.5) is 0 Å². The highest BCUT2D eigenvalue weighted by Gasteiger charge is 2.50. The van der Waals surface area contributed by atoms with Gasteiger partial charge in [-0.2, -0.15) is 0 Å². The zero-order valence-corrected chi connectivity index (χ0v) is 11.3. The Morgan fingerprint density at radius 1 is 1.18 bits per heavy atom. The van der Waals surface area contributed by atoms with E-state index in [1.807, 2.05) is 0 Å². The monoisotopic (exact) mass is 231 g/mol. The zero-order chi connectivity index (χ0) is 12.8. The van der Waals surface area contributed by atoms with Gasteiger partial charge in [0.05, 0.1) is 0 Å². The summed E-state index contributed by atoms with van der Waals surface area (Å²) in [6.07, 6.45) is 0.574. The Kier molecular flexibility index (Phi) is 2.57. The van der Waals surface area contributed by atoms with Crippen LogP contribution in [0.5, 0.6) is 0 Å². The molecule has 1 unspecified atom stereocenters. The van der Waals surface area contributed by atoms with E-state index in [1.54, 1.807) is 0 Å². The largest absolute Gasteiger partial charge is 0.350 e. The molecule has 1 fully saturated rings. The second-order valence-electron chi connectivity index (χ2n) is 6.00. The van der Waals surface area contributed by atoms with E-state index in [-0.39, 0.29) is 16.9 Å². The zero-order valence-electron chi connectivity index (χ0n) is 11.3. The maximum absolute atomic E-state index is 11.7. The van der Waals surface area contributed by atoms with Gasteiger partial charge in [0, 0.05) is 17.4 Å². The number of nitrogens with one attached hydrogen (secondary N) is 1. The second-order valence-corrected chi connectivity index (χ2v) is 6.00. The van der Waals surface area contributed by atoms with Crippen molar-refractivity contribution in [2.45, 2.75) is 52.0 Å². The summed E-state index contributed by atoms with van der Waals surface area (Å²) in [5.74, 6) is 0.151. The van der Waals surface area contributed by atoms with Gasteiger partial charge in [-0.05, 0) is 38.8 Å². The van der Waals surface area contributed by atoms with Crippen molar-refractivity contribution in [2.75, 3.05) is 0 Å². The molecule has 2 heteroatoms. The van der Waals surface area contributed by atoms with Gasteiger partial charge in [-0.1, -0.05) is 30.7 Å². The summed E-state index contributed by atoms with van der Waals surface area (Å²) in [6, 6.07) is 6.49. The lowest BCUT2D eigenvalue weighted by atomic mass is 9.67. The maximum atomic E-state index is 11.7. The van der Waals surface area contributed by atoms with Crippen LogP contribution in [0.15, 0.2) is 18.2 Å². The molecule has 0 aromatic heterocycles. The molecule has 1 aromatic rings. The topological polar surface area (TPSA) is 29.1 Å². The summed E-state index contributed by atoms with van der Waals surface area (Å²) >= 11 is 0. The number of carbonyl (C=O) groups excluding carboxylic acids is 1. The lowest BCUT2D eigenvalue weighted by Gasteiger charge is -2.38. The number of amides is 1. The van der Waals surface area contributed by atoms with Crippen molar-refractivity contribution in [3.8, 4) is 0 Å². The van der Waals surface area contributed by atoms with Gasteiger partial charge in [0.2, 0.25) is 5.91 Å². The van der Waals surface area contributed by atoms with Crippen LogP contribution in [0.1, 0.15) is 43.9 Å². The fraction of sp³-hybridized carbons (Fsp3) is 0.533. The normalized spacial score (nSPS) is 27.0. The number of hydrogen-bond acceptors (Lipinski definition) is 1. The van der Waals surface area contributed by atoms with Gasteiger partial charge in [0.1, 0.15) is 0 Å². The van der Waals surface area contributed by atoms with Crippen LogP contribution >= 0.6 is 0 Å². The van der Waals surface area contributed by atoms with Crippen molar-refractivity contribution < 1.29 is 4.79 Å². The van der Waals surface area contributed by atoms with Gasteiger partial charge in [0.15, 0.2) is 0 Å². The van der Waals surface area contributed by atoms with E-state index in [9.17, 15) is 4.79 Å². The molecule has 1 aliphatic heterocycles. The first-order chi connectivity index (χ1) is 7.76. The number of aryl methyl sites for hydroxylation is 2. The second kappa shape index (κ2) is 3.59. The molecule has 1 saturated heterocycles. The number of rotatable bonds is 1. The molecule has 0 spiro atoms. The quantitative estimate of drug-likeness (QED) is 0.791. The van der Waals surface area contributed by atoms with Crippen LogP contribution in [0, 0.1) is 13.8 Å². The highest BCUT2D eigenvalue weighted by atomic mass is 16.2. The average Bonchev–Trinajstić information content (AvgIpc) is 2.40. The van der Waals surface area contributed by atoms with Crippen LogP contribution in [-0.2, 0) is 10.2 Å². The summed E-state index contributed by atoms with van der Waals surface area (Å²) in [5.41, 5.74) is 3.49. The van der Waals surface area contributed by atoms with E-state index in [4.69, 9.17) is 0 Å². The molecule has 2 rings (SSSR count). The molecule has 0 bridgehead atoms. The SMILES string of the molecule is Cc1ccc(C)c(C2(C)CC(=O)NC2(C)C)c1. The first kappa shape index (κ1) is 12.2. The van der Waals surface area contributed by atoms with Crippen molar-refractivity contribution in [1.82, 2.24) is 5.32 Å². The summed E-state index contributed by atoms with van der Waals surface area (Å²) < 4.78 is 0. The van der Waals surface area contributed by atoms with E-state index in [2.05, 4.69) is 58.1 Å². The molecule has 2 nitrogen and oxygen atoms in total. The number of carbonyl (C=O) groups is 1. The molecule has 0 saturated carbocycles.